The van der Waals surface area contributed by atoms with Gasteiger partial charge in [-0.2, -0.15) is 0 Å². The molecule has 4 heteroatoms. The van der Waals surface area contributed by atoms with Crippen LogP contribution >= 0.6 is 0 Å². The van der Waals surface area contributed by atoms with E-state index in [-0.39, 0.29) is 24.6 Å². The highest BCUT2D eigenvalue weighted by atomic mass is 16.3. The molecule has 1 heterocycles. The van der Waals surface area contributed by atoms with Crippen molar-refractivity contribution in [3.8, 4) is 0 Å². The van der Waals surface area contributed by atoms with Crippen LogP contribution < -0.4 is 0 Å². The fourth-order valence-corrected chi connectivity index (χ4v) is 2.75. The summed E-state index contributed by atoms with van der Waals surface area (Å²) in [6.45, 7) is 3.54. The van der Waals surface area contributed by atoms with Crippen LogP contribution in [0.2, 0.25) is 0 Å². The minimum Gasteiger partial charge on any atom is -0.394 e. The average molecular weight is 276 g/mol. The molecule has 0 aliphatic carbocycles. The number of rotatable bonds is 5. The van der Waals surface area contributed by atoms with E-state index >= 15 is 0 Å². The molecule has 4 nitrogen and oxygen atoms in total. The molecule has 2 atom stereocenters. The van der Waals surface area contributed by atoms with Crippen LogP contribution in [0.4, 0.5) is 0 Å². The Morgan fingerprint density at radius 1 is 1.45 bits per heavy atom. The lowest BCUT2D eigenvalue weighted by molar-refractivity contribution is -0.137. The van der Waals surface area contributed by atoms with Crippen molar-refractivity contribution < 1.29 is 9.90 Å². The van der Waals surface area contributed by atoms with Crippen molar-refractivity contribution in [2.24, 2.45) is 0 Å². The maximum atomic E-state index is 12.5. The quantitative estimate of drug-likeness (QED) is 0.886. The van der Waals surface area contributed by atoms with Gasteiger partial charge in [-0.25, -0.2) is 0 Å². The maximum absolute atomic E-state index is 12.5. The molecule has 1 saturated heterocycles. The molecule has 1 aliphatic rings. The summed E-state index contributed by atoms with van der Waals surface area (Å²) in [5.41, 5.74) is 1.20. The van der Waals surface area contributed by atoms with Crippen molar-refractivity contribution in [1.29, 1.82) is 0 Å². The lowest BCUT2D eigenvalue weighted by atomic mass is 10.1. The van der Waals surface area contributed by atoms with Gasteiger partial charge in [-0.1, -0.05) is 30.3 Å². The first-order valence-electron chi connectivity index (χ1n) is 7.29. The highest BCUT2D eigenvalue weighted by Gasteiger charge is 2.32. The molecule has 0 bridgehead atoms. The van der Waals surface area contributed by atoms with Crippen molar-refractivity contribution in [2.75, 3.05) is 20.2 Å². The Labute approximate surface area is 121 Å². The third kappa shape index (κ3) is 3.38. The Balaban J connectivity index is 1.96. The Morgan fingerprint density at radius 2 is 2.15 bits per heavy atom. The predicted molar refractivity (Wildman–Crippen MR) is 79.2 cm³/mol. The zero-order valence-corrected chi connectivity index (χ0v) is 12.3. The third-order valence-corrected chi connectivity index (χ3v) is 4.16. The number of nitrogens with zero attached hydrogens (tertiary/aromatic N) is 2. The van der Waals surface area contributed by atoms with Gasteiger partial charge < -0.3 is 10.0 Å². The van der Waals surface area contributed by atoms with E-state index in [2.05, 4.69) is 17.0 Å². The van der Waals surface area contributed by atoms with Gasteiger partial charge in [-0.05, 0) is 32.4 Å². The summed E-state index contributed by atoms with van der Waals surface area (Å²) in [6.07, 6.45) is 1.91. The number of aliphatic hydroxyl groups excluding tert-OH is 1. The minimum absolute atomic E-state index is 0.00933. The van der Waals surface area contributed by atoms with Gasteiger partial charge in [-0.15, -0.1) is 0 Å². The van der Waals surface area contributed by atoms with E-state index in [4.69, 9.17) is 0 Å². The summed E-state index contributed by atoms with van der Waals surface area (Å²) in [7, 11) is 1.97. The fourth-order valence-electron chi connectivity index (χ4n) is 2.75. The molecule has 0 spiro atoms. The normalized spacial score (nSPS) is 20.4. The van der Waals surface area contributed by atoms with E-state index < -0.39 is 0 Å². The SMILES string of the molecule is C[C@H](C(=O)N1CCC[C@H]1CO)N(C)Cc1ccccc1. The second-order valence-electron chi connectivity index (χ2n) is 5.59. The second-order valence-corrected chi connectivity index (χ2v) is 5.59. The summed E-state index contributed by atoms with van der Waals surface area (Å²) >= 11 is 0. The standard InChI is InChI=1S/C16H24N2O2/c1-13(16(20)18-10-6-9-15(18)12-19)17(2)11-14-7-4-3-5-8-14/h3-5,7-8,13,15,19H,6,9-12H2,1-2H3/t13-,15+/m1/s1. The minimum atomic E-state index is -0.164. The van der Waals surface area contributed by atoms with E-state index in [0.717, 1.165) is 25.9 Å². The van der Waals surface area contributed by atoms with Crippen molar-refractivity contribution in [3.63, 3.8) is 0 Å². The van der Waals surface area contributed by atoms with Crippen LogP contribution in [0.15, 0.2) is 30.3 Å². The van der Waals surface area contributed by atoms with Crippen molar-refractivity contribution in [3.05, 3.63) is 35.9 Å². The van der Waals surface area contributed by atoms with Crippen LogP contribution in [0.5, 0.6) is 0 Å². The number of carbonyl (C=O) groups is 1. The first-order valence-corrected chi connectivity index (χ1v) is 7.29. The Hall–Kier alpha value is -1.39. The largest absolute Gasteiger partial charge is 0.394 e. The highest BCUT2D eigenvalue weighted by Crippen LogP contribution is 2.19. The summed E-state index contributed by atoms with van der Waals surface area (Å²) in [6, 6.07) is 10.0. The monoisotopic (exact) mass is 276 g/mol. The van der Waals surface area contributed by atoms with E-state index in [9.17, 15) is 9.90 Å². The van der Waals surface area contributed by atoms with Gasteiger partial charge in [0.2, 0.25) is 5.91 Å². The predicted octanol–water partition coefficient (Wildman–Crippen LogP) is 1.49. The Bertz CT molecular complexity index is 435. The molecule has 0 radical (unpaired) electrons. The van der Waals surface area contributed by atoms with Crippen LogP contribution in [0.25, 0.3) is 0 Å². The van der Waals surface area contributed by atoms with Crippen molar-refractivity contribution >= 4 is 5.91 Å². The molecule has 0 aromatic heterocycles. The first kappa shape index (κ1) is 15.0. The number of likely N-dealkylation sites (tertiary alicyclic amines) is 1. The fraction of sp³-hybridized carbons (Fsp3) is 0.562. The molecule has 1 fully saturated rings. The Kier molecular flexibility index (Phi) is 5.15. The van der Waals surface area contributed by atoms with Gasteiger partial charge in [0.1, 0.15) is 0 Å². The molecule has 1 aliphatic heterocycles. The number of aliphatic hydroxyl groups is 1. The molecule has 1 N–H and O–H groups in total. The maximum Gasteiger partial charge on any atom is 0.239 e. The van der Waals surface area contributed by atoms with Gasteiger partial charge in [0.25, 0.3) is 0 Å². The smallest absolute Gasteiger partial charge is 0.239 e. The molecular formula is C16H24N2O2. The number of amides is 1. The van der Waals surface area contributed by atoms with Crippen LogP contribution in [-0.4, -0.2) is 53.1 Å². The molecule has 110 valence electrons. The van der Waals surface area contributed by atoms with Crippen LogP contribution in [0, 0.1) is 0 Å². The summed E-state index contributed by atoms with van der Waals surface area (Å²) < 4.78 is 0. The molecule has 20 heavy (non-hydrogen) atoms. The molecule has 1 amide bonds. The first-order chi connectivity index (χ1) is 9.63. The topological polar surface area (TPSA) is 43.8 Å². The van der Waals surface area contributed by atoms with E-state index in [1.54, 1.807) is 0 Å². The van der Waals surface area contributed by atoms with E-state index in [1.165, 1.54) is 5.56 Å². The van der Waals surface area contributed by atoms with Gasteiger partial charge in [-0.3, -0.25) is 9.69 Å². The van der Waals surface area contributed by atoms with E-state index in [0.29, 0.717) is 0 Å². The molecular weight excluding hydrogens is 252 g/mol. The van der Waals surface area contributed by atoms with Gasteiger partial charge >= 0.3 is 0 Å². The summed E-state index contributed by atoms with van der Waals surface area (Å²) in [5.74, 6) is 0.125. The lowest BCUT2D eigenvalue weighted by Gasteiger charge is -2.31. The zero-order valence-electron chi connectivity index (χ0n) is 12.3. The lowest BCUT2D eigenvalue weighted by Crippen LogP contribution is -2.48. The van der Waals surface area contributed by atoms with Crippen LogP contribution in [-0.2, 0) is 11.3 Å². The van der Waals surface area contributed by atoms with Crippen LogP contribution in [0.3, 0.4) is 0 Å². The second kappa shape index (κ2) is 6.86. The summed E-state index contributed by atoms with van der Waals surface area (Å²) in [5, 5.41) is 9.33. The van der Waals surface area contributed by atoms with Gasteiger partial charge in [0.05, 0.1) is 18.7 Å². The zero-order chi connectivity index (χ0) is 14.5. The molecule has 1 aromatic carbocycles. The molecule has 2 rings (SSSR count). The van der Waals surface area contributed by atoms with Gasteiger partial charge in [0.15, 0.2) is 0 Å². The third-order valence-electron chi connectivity index (χ3n) is 4.16. The summed E-state index contributed by atoms with van der Waals surface area (Å²) in [4.78, 5) is 16.4. The van der Waals surface area contributed by atoms with Crippen molar-refractivity contribution in [2.45, 2.75) is 38.4 Å². The average Bonchev–Trinajstić information content (AvgIpc) is 2.95. The van der Waals surface area contributed by atoms with Gasteiger partial charge in [0, 0.05) is 13.1 Å². The number of hydrogen-bond acceptors (Lipinski definition) is 3. The van der Waals surface area contributed by atoms with Crippen LogP contribution in [0.1, 0.15) is 25.3 Å². The number of likely N-dealkylation sites (N-methyl/N-ethyl adjacent to an activating group) is 1. The number of hydrogen-bond donors (Lipinski definition) is 1. The number of carbonyl (C=O) groups excluding carboxylic acids is 1. The molecule has 0 saturated carbocycles. The molecule has 0 unspecified atom stereocenters. The highest BCUT2D eigenvalue weighted by molar-refractivity contribution is 5.82. The van der Waals surface area contributed by atoms with E-state index in [1.807, 2.05) is 37.1 Å². The number of benzene rings is 1. The molecule has 1 aromatic rings. The van der Waals surface area contributed by atoms with Crippen molar-refractivity contribution in [1.82, 2.24) is 9.80 Å². The Morgan fingerprint density at radius 3 is 2.80 bits per heavy atom.